The van der Waals surface area contributed by atoms with Crippen LogP contribution >= 0.6 is 0 Å². The van der Waals surface area contributed by atoms with Crippen molar-refractivity contribution in [2.75, 3.05) is 6.54 Å². The number of carboxylic acid groups (broad SMARTS) is 1. The third-order valence-corrected chi connectivity index (χ3v) is 6.00. The Morgan fingerprint density at radius 3 is 2.68 bits per heavy atom. The van der Waals surface area contributed by atoms with Gasteiger partial charge in [-0.25, -0.2) is 9.37 Å². The third kappa shape index (κ3) is 4.29. The number of hydrogen-bond donors (Lipinski definition) is 4. The Bertz CT molecular complexity index is 1070. The van der Waals surface area contributed by atoms with E-state index < -0.39 is 29.0 Å². The number of carbonyl (C=O) groups is 2. The van der Waals surface area contributed by atoms with Crippen LogP contribution in [0.2, 0.25) is 0 Å². The molecule has 1 fully saturated rings. The molecule has 1 amide bonds. The summed E-state index contributed by atoms with van der Waals surface area (Å²) < 4.78 is 14.5. The topological polar surface area (TPSA) is 134 Å². The lowest BCUT2D eigenvalue weighted by molar-refractivity contribution is -0.136. The highest BCUT2D eigenvalue weighted by Gasteiger charge is 2.39. The average Bonchev–Trinajstić information content (AvgIpc) is 3.02. The number of aromatic nitrogens is 2. The highest BCUT2D eigenvalue weighted by atomic mass is 19.1. The van der Waals surface area contributed by atoms with E-state index in [0.29, 0.717) is 30.8 Å². The largest absolute Gasteiger partial charge is 0.501 e. The molecule has 1 aromatic carbocycles. The minimum Gasteiger partial charge on any atom is -0.501 e. The van der Waals surface area contributed by atoms with Gasteiger partial charge < -0.3 is 20.8 Å². The van der Waals surface area contributed by atoms with Crippen molar-refractivity contribution in [1.29, 1.82) is 0 Å². The van der Waals surface area contributed by atoms with Gasteiger partial charge >= 0.3 is 5.97 Å². The zero-order valence-electron chi connectivity index (χ0n) is 16.7. The van der Waals surface area contributed by atoms with Gasteiger partial charge in [-0.3, -0.25) is 19.0 Å². The van der Waals surface area contributed by atoms with Crippen molar-refractivity contribution in [3.63, 3.8) is 0 Å². The Kier molecular flexibility index (Phi) is 5.73. The quantitative estimate of drug-likeness (QED) is 0.536. The van der Waals surface area contributed by atoms with Gasteiger partial charge in [0.25, 0.3) is 11.5 Å². The van der Waals surface area contributed by atoms with Gasteiger partial charge in [0.1, 0.15) is 11.6 Å². The van der Waals surface area contributed by atoms with Crippen LogP contribution in [0, 0.1) is 11.7 Å². The monoisotopic (exact) mass is 430 g/mol. The van der Waals surface area contributed by atoms with Crippen LogP contribution in [0.15, 0.2) is 29.1 Å². The number of nitrogens with one attached hydrogen (secondary N) is 2. The SMILES string of the molecule is O=C(O)CNC1CC2CCC1c1nc(C(=O)NCc3ccc(F)cc3)c(O)c(=O)n1C2. The van der Waals surface area contributed by atoms with Gasteiger partial charge in [0, 0.05) is 25.0 Å². The van der Waals surface area contributed by atoms with Gasteiger partial charge in [0.2, 0.25) is 5.75 Å². The Hall–Kier alpha value is -3.27. The minimum absolute atomic E-state index is 0.0763. The molecule has 3 heterocycles. The number of aliphatic carboxylic acids is 1. The van der Waals surface area contributed by atoms with Crippen LogP contribution in [0.25, 0.3) is 0 Å². The maximum atomic E-state index is 13.0. The first kappa shape index (κ1) is 21.0. The Morgan fingerprint density at radius 1 is 1.23 bits per heavy atom. The van der Waals surface area contributed by atoms with E-state index in [9.17, 15) is 23.9 Å². The predicted molar refractivity (Wildman–Crippen MR) is 107 cm³/mol. The van der Waals surface area contributed by atoms with E-state index in [0.717, 1.165) is 6.42 Å². The lowest BCUT2D eigenvalue weighted by Crippen LogP contribution is -2.41. The van der Waals surface area contributed by atoms with E-state index in [2.05, 4.69) is 15.6 Å². The van der Waals surface area contributed by atoms with Crippen molar-refractivity contribution < 1.29 is 24.2 Å². The van der Waals surface area contributed by atoms with Crippen molar-refractivity contribution in [2.24, 2.45) is 5.92 Å². The number of fused-ring (bicyclic) bond motifs is 2. The first-order valence-corrected chi connectivity index (χ1v) is 10.1. The van der Waals surface area contributed by atoms with Crippen LogP contribution in [-0.2, 0) is 17.9 Å². The highest BCUT2D eigenvalue weighted by molar-refractivity contribution is 5.94. The van der Waals surface area contributed by atoms with Crippen LogP contribution in [0.1, 0.15) is 47.1 Å². The number of halogens is 1. The molecule has 10 heteroatoms. The van der Waals surface area contributed by atoms with E-state index in [1.165, 1.54) is 28.8 Å². The molecule has 1 saturated carbocycles. The number of rotatable bonds is 6. The number of nitrogens with zero attached hydrogens (tertiary/aromatic N) is 2. The van der Waals surface area contributed by atoms with Gasteiger partial charge in [-0.05, 0) is 42.9 Å². The van der Waals surface area contributed by atoms with E-state index in [1.54, 1.807) is 0 Å². The molecule has 1 aliphatic carbocycles. The summed E-state index contributed by atoms with van der Waals surface area (Å²) in [6, 6.07) is 5.40. The van der Waals surface area contributed by atoms with Crippen molar-refractivity contribution >= 4 is 11.9 Å². The Balaban J connectivity index is 1.61. The predicted octanol–water partition coefficient (Wildman–Crippen LogP) is 0.958. The van der Waals surface area contributed by atoms with Crippen molar-refractivity contribution in [1.82, 2.24) is 20.2 Å². The van der Waals surface area contributed by atoms with Gasteiger partial charge in [0.15, 0.2) is 5.69 Å². The molecule has 2 bridgehead atoms. The molecule has 4 N–H and O–H groups in total. The fraction of sp³-hybridized carbons (Fsp3) is 0.429. The summed E-state index contributed by atoms with van der Waals surface area (Å²) >= 11 is 0. The maximum absolute atomic E-state index is 13.0. The Labute approximate surface area is 176 Å². The van der Waals surface area contributed by atoms with Gasteiger partial charge in [-0.1, -0.05) is 12.1 Å². The van der Waals surface area contributed by atoms with Crippen LogP contribution in [0.3, 0.4) is 0 Å². The molecule has 3 aliphatic rings. The summed E-state index contributed by atoms with van der Waals surface area (Å²) in [6.07, 6.45) is 2.25. The molecule has 1 aromatic heterocycles. The summed E-state index contributed by atoms with van der Waals surface area (Å²) in [7, 11) is 0. The second-order valence-electron chi connectivity index (χ2n) is 8.06. The van der Waals surface area contributed by atoms with E-state index in [-0.39, 0.29) is 36.7 Å². The fourth-order valence-electron chi connectivity index (χ4n) is 4.48. The maximum Gasteiger partial charge on any atom is 0.317 e. The standard InChI is InChI=1S/C21H23FN4O5/c22-13-4-1-11(2-5-13)8-24-20(30)17-18(29)21(31)26-10-12-3-6-14(19(26)25-17)15(7-12)23-9-16(27)28/h1-2,4-5,12,14-15,23,29H,3,6-10H2,(H,24,30)(H,27,28). The number of amides is 1. The summed E-state index contributed by atoms with van der Waals surface area (Å²) in [5.41, 5.74) is -0.384. The number of aromatic hydroxyl groups is 1. The van der Waals surface area contributed by atoms with Crippen LogP contribution in [-0.4, -0.2) is 44.2 Å². The van der Waals surface area contributed by atoms with Crippen LogP contribution in [0.5, 0.6) is 5.75 Å². The summed E-state index contributed by atoms with van der Waals surface area (Å²) in [5, 5.41) is 25.0. The van der Waals surface area contributed by atoms with E-state index >= 15 is 0 Å². The number of benzene rings is 1. The Morgan fingerprint density at radius 2 is 1.97 bits per heavy atom. The first-order chi connectivity index (χ1) is 14.8. The molecule has 9 nitrogen and oxygen atoms in total. The minimum atomic E-state index is -0.975. The molecule has 0 saturated heterocycles. The molecule has 0 radical (unpaired) electrons. The molecule has 0 spiro atoms. The average molecular weight is 430 g/mol. The lowest BCUT2D eigenvalue weighted by atomic mass is 9.79. The normalized spacial score (nSPS) is 21.9. The fourth-order valence-corrected chi connectivity index (χ4v) is 4.48. The molecule has 3 atom stereocenters. The number of carboxylic acids is 1. The molecule has 164 valence electrons. The second kappa shape index (κ2) is 8.46. The number of carbonyl (C=O) groups excluding carboxylic acids is 1. The van der Waals surface area contributed by atoms with E-state index in [4.69, 9.17) is 5.11 Å². The van der Waals surface area contributed by atoms with E-state index in [1.807, 2.05) is 0 Å². The molecular formula is C21H23FN4O5. The smallest absolute Gasteiger partial charge is 0.317 e. The lowest BCUT2D eigenvalue weighted by Gasteiger charge is -2.32. The van der Waals surface area contributed by atoms with Crippen LogP contribution in [0.4, 0.5) is 4.39 Å². The second-order valence-corrected chi connectivity index (χ2v) is 8.06. The molecular weight excluding hydrogens is 407 g/mol. The molecule has 3 unspecified atom stereocenters. The third-order valence-electron chi connectivity index (χ3n) is 6.00. The molecule has 5 rings (SSSR count). The van der Waals surface area contributed by atoms with Gasteiger partial charge in [0.05, 0.1) is 6.54 Å². The van der Waals surface area contributed by atoms with Crippen LogP contribution < -0.4 is 16.2 Å². The van der Waals surface area contributed by atoms with Gasteiger partial charge in [-0.15, -0.1) is 0 Å². The zero-order chi connectivity index (χ0) is 22.1. The highest BCUT2D eigenvalue weighted by Crippen LogP contribution is 2.39. The summed E-state index contributed by atoms with van der Waals surface area (Å²) in [4.78, 5) is 40.9. The molecule has 31 heavy (non-hydrogen) atoms. The number of hydrogen-bond acceptors (Lipinski definition) is 6. The molecule has 2 aromatic rings. The summed E-state index contributed by atoms with van der Waals surface area (Å²) in [5.74, 6) is -2.49. The zero-order valence-corrected chi connectivity index (χ0v) is 16.7. The van der Waals surface area contributed by atoms with Crippen molar-refractivity contribution in [3.8, 4) is 5.75 Å². The van der Waals surface area contributed by atoms with Crippen molar-refractivity contribution in [2.45, 2.75) is 44.3 Å². The summed E-state index contributed by atoms with van der Waals surface area (Å²) in [6.45, 7) is 0.238. The first-order valence-electron chi connectivity index (χ1n) is 10.1. The van der Waals surface area contributed by atoms with Crippen molar-refractivity contribution in [3.05, 3.63) is 57.5 Å². The molecule has 2 aliphatic heterocycles. The van der Waals surface area contributed by atoms with Gasteiger partial charge in [-0.2, -0.15) is 0 Å².